The summed E-state index contributed by atoms with van der Waals surface area (Å²) in [6.07, 6.45) is 0. The SMILES string of the molecule is Cc1cc(C)cc(NC(=O)c2cc(-c3ccc(C)s3)nc3ccccc23)c1. The summed E-state index contributed by atoms with van der Waals surface area (Å²) in [5.41, 5.74) is 5.36. The van der Waals surface area contributed by atoms with Crippen molar-refractivity contribution in [1.29, 1.82) is 0 Å². The number of aryl methyl sites for hydroxylation is 3. The summed E-state index contributed by atoms with van der Waals surface area (Å²) in [6.45, 7) is 6.13. The van der Waals surface area contributed by atoms with Gasteiger partial charge in [-0.2, -0.15) is 0 Å². The lowest BCUT2D eigenvalue weighted by molar-refractivity contribution is 0.102. The fraction of sp³-hybridized carbons (Fsp3) is 0.130. The van der Waals surface area contributed by atoms with Crippen LogP contribution in [0.3, 0.4) is 0 Å². The minimum Gasteiger partial charge on any atom is -0.322 e. The van der Waals surface area contributed by atoms with E-state index >= 15 is 0 Å². The van der Waals surface area contributed by atoms with Gasteiger partial charge < -0.3 is 5.32 Å². The molecule has 4 rings (SSSR count). The van der Waals surface area contributed by atoms with Gasteiger partial charge in [-0.3, -0.25) is 4.79 Å². The van der Waals surface area contributed by atoms with Crippen LogP contribution < -0.4 is 5.32 Å². The highest BCUT2D eigenvalue weighted by molar-refractivity contribution is 7.15. The van der Waals surface area contributed by atoms with Crippen LogP contribution in [0.15, 0.2) is 60.7 Å². The molecule has 2 heterocycles. The Balaban J connectivity index is 1.80. The summed E-state index contributed by atoms with van der Waals surface area (Å²) in [7, 11) is 0. The molecule has 0 fully saturated rings. The van der Waals surface area contributed by atoms with Crippen LogP contribution in [0.1, 0.15) is 26.4 Å². The van der Waals surface area contributed by atoms with Crippen molar-refractivity contribution in [2.45, 2.75) is 20.8 Å². The fourth-order valence-electron chi connectivity index (χ4n) is 3.31. The summed E-state index contributed by atoms with van der Waals surface area (Å²) in [6, 6.07) is 19.9. The Hall–Kier alpha value is -2.98. The average Bonchev–Trinajstić information content (AvgIpc) is 3.06. The lowest BCUT2D eigenvalue weighted by Gasteiger charge is -2.11. The van der Waals surface area contributed by atoms with Crippen molar-refractivity contribution in [2.75, 3.05) is 5.32 Å². The van der Waals surface area contributed by atoms with Crippen molar-refractivity contribution in [1.82, 2.24) is 4.98 Å². The Bertz CT molecular complexity index is 1140. The molecule has 0 bridgehead atoms. The van der Waals surface area contributed by atoms with Gasteiger partial charge in [0, 0.05) is 16.0 Å². The van der Waals surface area contributed by atoms with Gasteiger partial charge in [-0.1, -0.05) is 24.3 Å². The molecule has 0 aliphatic carbocycles. The van der Waals surface area contributed by atoms with E-state index in [1.54, 1.807) is 11.3 Å². The van der Waals surface area contributed by atoms with Gasteiger partial charge in [0.15, 0.2) is 0 Å². The van der Waals surface area contributed by atoms with Crippen molar-refractivity contribution in [3.8, 4) is 10.6 Å². The van der Waals surface area contributed by atoms with Gasteiger partial charge in [0.1, 0.15) is 0 Å². The van der Waals surface area contributed by atoms with E-state index in [0.29, 0.717) is 5.56 Å². The molecule has 0 atom stereocenters. The highest BCUT2D eigenvalue weighted by Crippen LogP contribution is 2.30. The van der Waals surface area contributed by atoms with Gasteiger partial charge >= 0.3 is 0 Å². The predicted octanol–water partition coefficient (Wildman–Crippen LogP) is 6.14. The number of anilines is 1. The normalized spacial score (nSPS) is 10.9. The van der Waals surface area contributed by atoms with E-state index in [1.807, 2.05) is 56.3 Å². The molecule has 1 amide bonds. The highest BCUT2D eigenvalue weighted by atomic mass is 32.1. The number of aromatic nitrogens is 1. The number of carbonyl (C=O) groups excluding carboxylic acids is 1. The van der Waals surface area contributed by atoms with Crippen LogP contribution in [0.25, 0.3) is 21.5 Å². The van der Waals surface area contributed by atoms with Crippen molar-refractivity contribution < 1.29 is 4.79 Å². The topological polar surface area (TPSA) is 42.0 Å². The molecule has 0 radical (unpaired) electrons. The van der Waals surface area contributed by atoms with E-state index in [1.165, 1.54) is 4.88 Å². The Morgan fingerprint density at radius 1 is 0.926 bits per heavy atom. The number of benzene rings is 2. The number of fused-ring (bicyclic) bond motifs is 1. The van der Waals surface area contributed by atoms with Crippen molar-refractivity contribution in [3.63, 3.8) is 0 Å². The highest BCUT2D eigenvalue weighted by Gasteiger charge is 2.15. The standard InChI is InChI=1S/C23H20N2OS/c1-14-10-15(2)12-17(11-14)24-23(26)19-13-21(22-9-8-16(3)27-22)25-20-7-5-4-6-18(19)20/h4-13H,1-3H3,(H,24,26). The lowest BCUT2D eigenvalue weighted by Crippen LogP contribution is -2.13. The van der Waals surface area contributed by atoms with Crippen LogP contribution in [0, 0.1) is 20.8 Å². The molecule has 27 heavy (non-hydrogen) atoms. The molecule has 0 aliphatic rings. The third-order valence-corrected chi connectivity index (χ3v) is 5.46. The molecule has 0 aliphatic heterocycles. The maximum Gasteiger partial charge on any atom is 0.256 e. The second kappa shape index (κ2) is 6.97. The molecule has 4 heteroatoms. The number of nitrogens with one attached hydrogen (secondary N) is 1. The molecule has 4 aromatic rings. The number of pyridine rings is 1. The minimum atomic E-state index is -0.117. The maximum absolute atomic E-state index is 13.1. The number of rotatable bonds is 3. The van der Waals surface area contributed by atoms with Crippen LogP contribution in [-0.4, -0.2) is 10.9 Å². The molecule has 2 aromatic heterocycles. The Morgan fingerprint density at radius 2 is 1.67 bits per heavy atom. The number of amides is 1. The first-order valence-corrected chi connectivity index (χ1v) is 9.67. The second-order valence-electron chi connectivity index (χ2n) is 6.81. The minimum absolute atomic E-state index is 0.117. The van der Waals surface area contributed by atoms with Gasteiger partial charge in [0.05, 0.1) is 21.7 Å². The van der Waals surface area contributed by atoms with Gasteiger partial charge in [-0.25, -0.2) is 4.98 Å². The quantitative estimate of drug-likeness (QED) is 0.469. The van der Waals surface area contributed by atoms with Gasteiger partial charge in [-0.05, 0) is 68.3 Å². The predicted molar refractivity (Wildman–Crippen MR) is 114 cm³/mol. The Morgan fingerprint density at radius 3 is 2.37 bits per heavy atom. The van der Waals surface area contributed by atoms with E-state index in [0.717, 1.165) is 38.3 Å². The Kier molecular flexibility index (Phi) is 4.50. The fourth-order valence-corrected chi connectivity index (χ4v) is 4.14. The lowest BCUT2D eigenvalue weighted by atomic mass is 10.1. The van der Waals surface area contributed by atoms with Crippen LogP contribution >= 0.6 is 11.3 Å². The number of thiophene rings is 1. The zero-order valence-electron chi connectivity index (χ0n) is 15.5. The number of hydrogen-bond acceptors (Lipinski definition) is 3. The van der Waals surface area contributed by atoms with E-state index in [4.69, 9.17) is 4.98 Å². The first-order chi connectivity index (χ1) is 13.0. The largest absolute Gasteiger partial charge is 0.322 e. The van der Waals surface area contributed by atoms with Crippen LogP contribution in [0.5, 0.6) is 0 Å². The Labute approximate surface area is 162 Å². The van der Waals surface area contributed by atoms with Crippen molar-refractivity contribution >= 4 is 33.8 Å². The summed E-state index contributed by atoms with van der Waals surface area (Å²) in [4.78, 5) is 20.2. The van der Waals surface area contributed by atoms with E-state index in [2.05, 4.69) is 30.4 Å². The molecule has 134 valence electrons. The van der Waals surface area contributed by atoms with Gasteiger partial charge in [-0.15, -0.1) is 11.3 Å². The summed E-state index contributed by atoms with van der Waals surface area (Å²) in [5.74, 6) is -0.117. The smallest absolute Gasteiger partial charge is 0.256 e. The van der Waals surface area contributed by atoms with Crippen LogP contribution in [-0.2, 0) is 0 Å². The third kappa shape index (κ3) is 3.62. The average molecular weight is 372 g/mol. The summed E-state index contributed by atoms with van der Waals surface area (Å²) < 4.78 is 0. The molecule has 0 saturated heterocycles. The second-order valence-corrected chi connectivity index (χ2v) is 8.10. The molecular weight excluding hydrogens is 352 g/mol. The zero-order valence-corrected chi connectivity index (χ0v) is 16.4. The number of hydrogen-bond donors (Lipinski definition) is 1. The molecule has 3 nitrogen and oxygen atoms in total. The first kappa shape index (κ1) is 17.4. The first-order valence-electron chi connectivity index (χ1n) is 8.86. The van der Waals surface area contributed by atoms with Crippen molar-refractivity contribution in [2.24, 2.45) is 0 Å². The van der Waals surface area contributed by atoms with Crippen LogP contribution in [0.2, 0.25) is 0 Å². The monoisotopic (exact) mass is 372 g/mol. The third-order valence-electron chi connectivity index (χ3n) is 4.43. The number of nitrogens with zero attached hydrogens (tertiary/aromatic N) is 1. The van der Waals surface area contributed by atoms with E-state index < -0.39 is 0 Å². The number of carbonyl (C=O) groups is 1. The maximum atomic E-state index is 13.1. The molecule has 0 saturated carbocycles. The van der Waals surface area contributed by atoms with Crippen molar-refractivity contribution in [3.05, 3.63) is 82.2 Å². The molecular formula is C23H20N2OS. The van der Waals surface area contributed by atoms with Gasteiger partial charge in [0.2, 0.25) is 0 Å². The van der Waals surface area contributed by atoms with E-state index in [-0.39, 0.29) is 5.91 Å². The molecule has 0 unspecified atom stereocenters. The molecule has 0 spiro atoms. The zero-order chi connectivity index (χ0) is 19.0. The molecule has 1 N–H and O–H groups in total. The number of para-hydroxylation sites is 1. The van der Waals surface area contributed by atoms with Crippen LogP contribution in [0.4, 0.5) is 5.69 Å². The summed E-state index contributed by atoms with van der Waals surface area (Å²) in [5, 5.41) is 3.91. The van der Waals surface area contributed by atoms with E-state index in [9.17, 15) is 4.79 Å². The van der Waals surface area contributed by atoms with Gasteiger partial charge in [0.25, 0.3) is 5.91 Å². The summed E-state index contributed by atoms with van der Waals surface area (Å²) >= 11 is 1.68. The molecule has 2 aromatic carbocycles.